The van der Waals surface area contributed by atoms with Crippen molar-refractivity contribution in [3.63, 3.8) is 0 Å². The van der Waals surface area contributed by atoms with E-state index in [0.717, 1.165) is 24.5 Å². The van der Waals surface area contributed by atoms with Gasteiger partial charge in [0.15, 0.2) is 11.5 Å². The van der Waals surface area contributed by atoms with Crippen molar-refractivity contribution in [1.29, 1.82) is 0 Å². The van der Waals surface area contributed by atoms with Gasteiger partial charge in [-0.05, 0) is 6.07 Å². The van der Waals surface area contributed by atoms with Crippen molar-refractivity contribution in [2.24, 2.45) is 0 Å². The van der Waals surface area contributed by atoms with Gasteiger partial charge in [-0.1, -0.05) is 0 Å². The van der Waals surface area contributed by atoms with E-state index >= 15 is 0 Å². The Labute approximate surface area is 119 Å². The van der Waals surface area contributed by atoms with Gasteiger partial charge < -0.3 is 24.3 Å². The Hall–Kier alpha value is -1.17. The molecule has 1 aliphatic rings. The number of halogens is 1. The molecule has 0 radical (unpaired) electrons. The van der Waals surface area contributed by atoms with Gasteiger partial charge in [0.2, 0.25) is 0 Å². The molecule has 2 rings (SSSR count). The van der Waals surface area contributed by atoms with Gasteiger partial charge in [-0.25, -0.2) is 0 Å². The summed E-state index contributed by atoms with van der Waals surface area (Å²) in [5, 5.41) is 3.40. The lowest BCUT2D eigenvalue weighted by Crippen LogP contribution is -2.34. The zero-order chi connectivity index (χ0) is 13.0. The van der Waals surface area contributed by atoms with Gasteiger partial charge in [0.1, 0.15) is 5.75 Å². The second kappa shape index (κ2) is 7.43. The summed E-state index contributed by atoms with van der Waals surface area (Å²) in [5.74, 6) is 2.13. The Morgan fingerprint density at radius 3 is 2.21 bits per heavy atom. The number of ether oxygens (including phenoxy) is 4. The maximum Gasteiger partial charge on any atom is 0.164 e. The molecule has 1 fully saturated rings. The highest BCUT2D eigenvalue weighted by molar-refractivity contribution is 5.85. The van der Waals surface area contributed by atoms with Crippen LogP contribution in [0, 0.1) is 0 Å². The summed E-state index contributed by atoms with van der Waals surface area (Å²) in [6.07, 6.45) is 0. The van der Waals surface area contributed by atoms with Crippen LogP contribution in [0.4, 0.5) is 0 Å². The minimum Gasteiger partial charge on any atom is -0.496 e. The maximum atomic E-state index is 5.48. The Bertz CT molecular complexity index is 408. The van der Waals surface area contributed by atoms with Crippen molar-refractivity contribution >= 4 is 12.4 Å². The fraction of sp³-hybridized carbons (Fsp3) is 0.538. The van der Waals surface area contributed by atoms with E-state index < -0.39 is 0 Å². The van der Waals surface area contributed by atoms with Crippen LogP contribution in [-0.2, 0) is 4.74 Å². The van der Waals surface area contributed by atoms with E-state index in [4.69, 9.17) is 18.9 Å². The summed E-state index contributed by atoms with van der Waals surface area (Å²) in [4.78, 5) is 0. The molecule has 1 saturated heterocycles. The van der Waals surface area contributed by atoms with Crippen molar-refractivity contribution < 1.29 is 18.9 Å². The molecule has 5 nitrogen and oxygen atoms in total. The molecule has 1 aromatic carbocycles. The summed E-state index contributed by atoms with van der Waals surface area (Å²) < 4.78 is 21.5. The van der Waals surface area contributed by atoms with Gasteiger partial charge in [0.05, 0.1) is 40.6 Å². The second-order valence-corrected chi connectivity index (χ2v) is 4.03. The third kappa shape index (κ3) is 3.43. The van der Waals surface area contributed by atoms with Gasteiger partial charge >= 0.3 is 0 Å². The van der Waals surface area contributed by atoms with E-state index in [-0.39, 0.29) is 18.4 Å². The monoisotopic (exact) mass is 289 g/mol. The summed E-state index contributed by atoms with van der Waals surface area (Å²) in [6.45, 7) is 2.21. The first kappa shape index (κ1) is 15.9. The normalized spacial score (nSPS) is 18.4. The van der Waals surface area contributed by atoms with Gasteiger partial charge in [-0.2, -0.15) is 0 Å². The first-order valence-electron chi connectivity index (χ1n) is 5.91. The minimum atomic E-state index is 0. The molecule has 0 amide bonds. The Morgan fingerprint density at radius 1 is 1.05 bits per heavy atom. The van der Waals surface area contributed by atoms with Crippen LogP contribution in [-0.4, -0.2) is 41.1 Å². The number of methoxy groups -OCH3 is 3. The molecule has 108 valence electrons. The molecule has 1 heterocycles. The summed E-state index contributed by atoms with van der Waals surface area (Å²) in [5.41, 5.74) is 1.02. The molecular weight excluding hydrogens is 270 g/mol. The predicted molar refractivity (Wildman–Crippen MR) is 74.9 cm³/mol. The van der Waals surface area contributed by atoms with Crippen molar-refractivity contribution in [2.45, 2.75) is 6.04 Å². The Kier molecular flexibility index (Phi) is 6.21. The highest BCUT2D eigenvalue weighted by Crippen LogP contribution is 2.37. The fourth-order valence-electron chi connectivity index (χ4n) is 2.09. The molecule has 1 N–H and O–H groups in total. The van der Waals surface area contributed by atoms with E-state index in [1.54, 1.807) is 21.3 Å². The fourth-order valence-corrected chi connectivity index (χ4v) is 2.09. The number of morpholine rings is 1. The van der Waals surface area contributed by atoms with Crippen LogP contribution in [0.15, 0.2) is 12.1 Å². The van der Waals surface area contributed by atoms with Crippen molar-refractivity contribution in [1.82, 2.24) is 5.32 Å². The molecule has 0 unspecified atom stereocenters. The molecule has 0 aliphatic carbocycles. The number of rotatable bonds is 4. The number of hydrogen-bond acceptors (Lipinski definition) is 5. The number of nitrogens with one attached hydrogen (secondary N) is 1. The molecule has 0 bridgehead atoms. The van der Waals surface area contributed by atoms with Crippen molar-refractivity contribution in [3.05, 3.63) is 17.7 Å². The van der Waals surface area contributed by atoms with Crippen LogP contribution in [0.2, 0.25) is 0 Å². The number of hydrogen-bond donors (Lipinski definition) is 1. The molecule has 0 spiro atoms. The highest BCUT2D eigenvalue weighted by atomic mass is 35.5. The number of benzene rings is 1. The SMILES string of the molecule is COc1cc(OC)c([C@H]2COCCN2)cc1OC.Cl. The molecule has 0 aromatic heterocycles. The van der Waals surface area contributed by atoms with Crippen molar-refractivity contribution in [3.8, 4) is 17.2 Å². The molecule has 1 aliphatic heterocycles. The molecule has 6 heteroatoms. The molecule has 1 atom stereocenters. The van der Waals surface area contributed by atoms with Gasteiger partial charge in [0, 0.05) is 18.2 Å². The largest absolute Gasteiger partial charge is 0.496 e. The van der Waals surface area contributed by atoms with Crippen LogP contribution >= 0.6 is 12.4 Å². The zero-order valence-electron chi connectivity index (χ0n) is 11.4. The van der Waals surface area contributed by atoms with Gasteiger partial charge in [-0.3, -0.25) is 0 Å². The zero-order valence-corrected chi connectivity index (χ0v) is 12.2. The first-order chi connectivity index (χ1) is 8.80. The lowest BCUT2D eigenvalue weighted by Gasteiger charge is -2.26. The van der Waals surface area contributed by atoms with E-state index in [0.29, 0.717) is 18.1 Å². The average Bonchev–Trinajstić information content (AvgIpc) is 2.46. The van der Waals surface area contributed by atoms with Crippen molar-refractivity contribution in [2.75, 3.05) is 41.1 Å². The molecule has 0 saturated carbocycles. The predicted octanol–water partition coefficient (Wildman–Crippen LogP) is 1.80. The summed E-state index contributed by atoms with van der Waals surface area (Å²) in [7, 11) is 4.88. The van der Waals surface area contributed by atoms with Crippen LogP contribution < -0.4 is 19.5 Å². The van der Waals surface area contributed by atoms with Crippen LogP contribution in [0.5, 0.6) is 17.2 Å². The maximum absolute atomic E-state index is 5.48. The molecule has 1 aromatic rings. The second-order valence-electron chi connectivity index (χ2n) is 4.03. The lowest BCUT2D eigenvalue weighted by molar-refractivity contribution is 0.0759. The minimum absolute atomic E-state index is 0. The third-order valence-corrected chi connectivity index (χ3v) is 3.03. The van der Waals surface area contributed by atoms with Crippen LogP contribution in [0.25, 0.3) is 0 Å². The van der Waals surface area contributed by atoms with Gasteiger partial charge in [0.25, 0.3) is 0 Å². The highest BCUT2D eigenvalue weighted by Gasteiger charge is 2.21. The van der Waals surface area contributed by atoms with E-state index in [1.165, 1.54) is 0 Å². The molecular formula is C13H20ClNO4. The van der Waals surface area contributed by atoms with E-state index in [1.807, 2.05) is 12.1 Å². The van der Waals surface area contributed by atoms with E-state index in [9.17, 15) is 0 Å². The third-order valence-electron chi connectivity index (χ3n) is 3.03. The Morgan fingerprint density at radius 2 is 1.68 bits per heavy atom. The standard InChI is InChI=1S/C13H19NO4.ClH/c1-15-11-7-13(17-3)12(16-2)6-9(11)10-8-18-5-4-14-10;/h6-7,10,14H,4-5,8H2,1-3H3;1H/t10-;/m1./s1. The van der Waals surface area contributed by atoms with Gasteiger partial charge in [-0.15, -0.1) is 12.4 Å². The topological polar surface area (TPSA) is 49.0 Å². The Balaban J connectivity index is 0.00000180. The average molecular weight is 290 g/mol. The smallest absolute Gasteiger partial charge is 0.164 e. The quantitative estimate of drug-likeness (QED) is 0.916. The van der Waals surface area contributed by atoms with Crippen LogP contribution in [0.1, 0.15) is 11.6 Å². The van der Waals surface area contributed by atoms with Crippen LogP contribution in [0.3, 0.4) is 0 Å². The lowest BCUT2D eigenvalue weighted by atomic mass is 10.0. The first-order valence-corrected chi connectivity index (χ1v) is 5.91. The summed E-state index contributed by atoms with van der Waals surface area (Å²) in [6, 6.07) is 3.89. The van der Waals surface area contributed by atoms with E-state index in [2.05, 4.69) is 5.32 Å². The summed E-state index contributed by atoms with van der Waals surface area (Å²) >= 11 is 0. The molecule has 19 heavy (non-hydrogen) atoms.